The molecule has 0 bridgehead atoms. The van der Waals surface area contributed by atoms with Crippen LogP contribution in [0.25, 0.3) is 0 Å². The number of nitrogens with one attached hydrogen (secondary N) is 1. The maximum atomic E-state index is 13.5. The predicted octanol–water partition coefficient (Wildman–Crippen LogP) is 2.05. The lowest BCUT2D eigenvalue weighted by atomic mass is 9.97. The Morgan fingerprint density at radius 1 is 1.43 bits per heavy atom. The predicted molar refractivity (Wildman–Crippen MR) is 86.9 cm³/mol. The Hall–Kier alpha value is -1.66. The third-order valence-corrected chi connectivity index (χ3v) is 4.14. The van der Waals surface area contributed by atoms with Crippen molar-refractivity contribution < 1.29 is 19.1 Å². The van der Waals surface area contributed by atoms with E-state index in [0.29, 0.717) is 25.1 Å². The summed E-state index contributed by atoms with van der Waals surface area (Å²) in [5, 5.41) is 11.8. The first kappa shape index (κ1) is 19.4. The number of carboxylic acid groups (broad SMARTS) is 1. The van der Waals surface area contributed by atoms with Gasteiger partial charge < -0.3 is 10.4 Å². The van der Waals surface area contributed by atoms with Crippen LogP contribution >= 0.6 is 12.4 Å². The van der Waals surface area contributed by atoms with Crippen LogP contribution in [0, 0.1) is 11.7 Å². The van der Waals surface area contributed by atoms with E-state index in [4.69, 9.17) is 5.11 Å². The van der Waals surface area contributed by atoms with Crippen molar-refractivity contribution in [2.24, 2.45) is 5.92 Å². The van der Waals surface area contributed by atoms with E-state index >= 15 is 0 Å². The molecule has 5 nitrogen and oxygen atoms in total. The molecule has 2 atom stereocenters. The van der Waals surface area contributed by atoms with E-state index < -0.39 is 17.9 Å². The fourth-order valence-electron chi connectivity index (χ4n) is 2.70. The van der Waals surface area contributed by atoms with Crippen molar-refractivity contribution in [3.63, 3.8) is 0 Å². The average molecular weight is 345 g/mol. The summed E-state index contributed by atoms with van der Waals surface area (Å²) in [5.74, 6) is -1.80. The minimum atomic E-state index is -0.816. The summed E-state index contributed by atoms with van der Waals surface area (Å²) in [6.07, 6.45) is 1.41. The van der Waals surface area contributed by atoms with Crippen LogP contribution in [0.4, 0.5) is 4.39 Å². The number of carbonyl (C=O) groups is 2. The molecule has 2 unspecified atom stereocenters. The number of hydrogen-bond acceptors (Lipinski definition) is 3. The number of carbonyl (C=O) groups excluding carboxylic acids is 1. The number of likely N-dealkylation sites (tertiary alicyclic amines) is 1. The maximum Gasteiger partial charge on any atom is 0.307 e. The Bertz CT molecular complexity index is 556. The van der Waals surface area contributed by atoms with Gasteiger partial charge in [-0.05, 0) is 32.4 Å². The second-order valence-corrected chi connectivity index (χ2v) is 5.66. The van der Waals surface area contributed by atoms with Gasteiger partial charge in [0.25, 0.3) is 0 Å². The zero-order valence-electron chi connectivity index (χ0n) is 13.0. The molecule has 1 saturated heterocycles. The van der Waals surface area contributed by atoms with Gasteiger partial charge in [-0.3, -0.25) is 14.5 Å². The molecule has 0 aliphatic carbocycles. The maximum absolute atomic E-state index is 13.5. The third-order valence-electron chi connectivity index (χ3n) is 4.14. The quantitative estimate of drug-likeness (QED) is 0.857. The molecule has 0 aromatic heterocycles. The summed E-state index contributed by atoms with van der Waals surface area (Å²) < 4.78 is 13.5. The Balaban J connectivity index is 0.00000264. The van der Waals surface area contributed by atoms with Crippen molar-refractivity contribution in [1.29, 1.82) is 0 Å². The second-order valence-electron chi connectivity index (χ2n) is 5.66. The van der Waals surface area contributed by atoms with Gasteiger partial charge in [0.2, 0.25) is 5.91 Å². The lowest BCUT2D eigenvalue weighted by molar-refractivity contribution is -0.145. The molecule has 23 heavy (non-hydrogen) atoms. The molecular weight excluding hydrogens is 323 g/mol. The summed E-state index contributed by atoms with van der Waals surface area (Å²) in [7, 11) is 0. The topological polar surface area (TPSA) is 69.6 Å². The number of carboxylic acids is 1. The van der Waals surface area contributed by atoms with Crippen molar-refractivity contribution in [2.45, 2.75) is 32.4 Å². The average Bonchev–Trinajstić information content (AvgIpc) is 2.53. The van der Waals surface area contributed by atoms with Crippen molar-refractivity contribution >= 4 is 24.3 Å². The van der Waals surface area contributed by atoms with Crippen molar-refractivity contribution in [3.8, 4) is 0 Å². The van der Waals surface area contributed by atoms with Crippen LogP contribution in [0.2, 0.25) is 0 Å². The van der Waals surface area contributed by atoms with Crippen molar-refractivity contribution in [2.75, 3.05) is 13.1 Å². The number of amides is 1. The van der Waals surface area contributed by atoms with Gasteiger partial charge in [0.15, 0.2) is 0 Å². The molecule has 1 heterocycles. The Labute approximate surface area is 141 Å². The molecule has 0 spiro atoms. The largest absolute Gasteiger partial charge is 0.481 e. The third kappa shape index (κ3) is 5.18. The van der Waals surface area contributed by atoms with Crippen molar-refractivity contribution in [1.82, 2.24) is 10.2 Å². The number of hydrogen-bond donors (Lipinski definition) is 2. The first-order valence-electron chi connectivity index (χ1n) is 7.47. The number of benzene rings is 1. The SMILES string of the molecule is CC(C(=O)NCc1ccccc1F)N1CCCC(C(=O)O)C1.Cl. The summed E-state index contributed by atoms with van der Waals surface area (Å²) in [5.41, 5.74) is 0.435. The van der Waals surface area contributed by atoms with Crippen LogP contribution in [-0.4, -0.2) is 41.0 Å². The van der Waals surface area contributed by atoms with Gasteiger partial charge in [0, 0.05) is 18.7 Å². The smallest absolute Gasteiger partial charge is 0.307 e. The van der Waals surface area contributed by atoms with E-state index in [9.17, 15) is 14.0 Å². The lowest BCUT2D eigenvalue weighted by Gasteiger charge is -2.34. The fourth-order valence-corrected chi connectivity index (χ4v) is 2.70. The van der Waals surface area contributed by atoms with Gasteiger partial charge in [0.05, 0.1) is 12.0 Å². The molecule has 1 aromatic carbocycles. The Morgan fingerprint density at radius 2 is 2.13 bits per heavy atom. The van der Waals surface area contributed by atoms with E-state index in [1.54, 1.807) is 25.1 Å². The van der Waals surface area contributed by atoms with Crippen LogP contribution in [0.5, 0.6) is 0 Å². The number of nitrogens with zero attached hydrogens (tertiary/aromatic N) is 1. The van der Waals surface area contributed by atoms with Gasteiger partial charge in [-0.15, -0.1) is 12.4 Å². The molecule has 1 amide bonds. The van der Waals surface area contributed by atoms with Crippen LogP contribution in [0.15, 0.2) is 24.3 Å². The number of aliphatic carboxylic acids is 1. The first-order valence-corrected chi connectivity index (χ1v) is 7.47. The van der Waals surface area contributed by atoms with E-state index in [1.165, 1.54) is 6.07 Å². The molecule has 128 valence electrons. The molecule has 1 fully saturated rings. The normalized spacial score (nSPS) is 19.5. The first-order chi connectivity index (χ1) is 10.5. The standard InChI is InChI=1S/C16H21FN2O3.ClH/c1-11(19-8-4-6-13(10-19)16(21)22)15(20)18-9-12-5-2-3-7-14(12)17;/h2-3,5,7,11,13H,4,6,8-10H2,1H3,(H,18,20)(H,21,22);1H. The van der Waals surface area contributed by atoms with Crippen molar-refractivity contribution in [3.05, 3.63) is 35.6 Å². The summed E-state index contributed by atoms with van der Waals surface area (Å²) >= 11 is 0. The summed E-state index contributed by atoms with van der Waals surface area (Å²) in [6, 6.07) is 5.88. The zero-order chi connectivity index (χ0) is 16.1. The number of halogens is 2. The molecule has 7 heteroatoms. The molecule has 2 N–H and O–H groups in total. The van der Waals surface area contributed by atoms with Gasteiger partial charge in [-0.2, -0.15) is 0 Å². The van der Waals surface area contributed by atoms with E-state index in [2.05, 4.69) is 5.32 Å². The molecular formula is C16H22ClFN2O3. The van der Waals surface area contributed by atoms with Crippen LogP contribution in [-0.2, 0) is 16.1 Å². The highest BCUT2D eigenvalue weighted by Gasteiger charge is 2.30. The Kier molecular flexibility index (Phi) is 7.45. The highest BCUT2D eigenvalue weighted by Crippen LogP contribution is 2.18. The van der Waals surface area contributed by atoms with E-state index in [0.717, 1.165) is 6.42 Å². The summed E-state index contributed by atoms with van der Waals surface area (Å²) in [6.45, 7) is 2.97. The van der Waals surface area contributed by atoms with Crippen LogP contribution in [0.3, 0.4) is 0 Å². The minimum Gasteiger partial charge on any atom is -0.481 e. The Morgan fingerprint density at radius 3 is 2.78 bits per heavy atom. The van der Waals surface area contributed by atoms with Gasteiger partial charge in [-0.1, -0.05) is 18.2 Å². The van der Waals surface area contributed by atoms with Crippen LogP contribution < -0.4 is 5.32 Å². The minimum absolute atomic E-state index is 0. The second kappa shape index (κ2) is 8.84. The summed E-state index contributed by atoms with van der Waals surface area (Å²) in [4.78, 5) is 25.1. The molecule has 2 rings (SSSR count). The monoisotopic (exact) mass is 344 g/mol. The number of piperidine rings is 1. The fraction of sp³-hybridized carbons (Fsp3) is 0.500. The molecule has 1 aromatic rings. The van der Waals surface area contributed by atoms with Gasteiger partial charge in [-0.25, -0.2) is 4.39 Å². The number of rotatable bonds is 5. The van der Waals surface area contributed by atoms with E-state index in [-0.39, 0.29) is 30.7 Å². The molecule has 1 aliphatic heterocycles. The lowest BCUT2D eigenvalue weighted by Crippen LogP contribution is -2.50. The highest BCUT2D eigenvalue weighted by molar-refractivity contribution is 5.85. The molecule has 1 aliphatic rings. The van der Waals surface area contributed by atoms with Crippen LogP contribution in [0.1, 0.15) is 25.3 Å². The molecule has 0 radical (unpaired) electrons. The van der Waals surface area contributed by atoms with Gasteiger partial charge in [0.1, 0.15) is 5.82 Å². The van der Waals surface area contributed by atoms with E-state index in [1.807, 2.05) is 4.90 Å². The molecule has 0 saturated carbocycles. The zero-order valence-corrected chi connectivity index (χ0v) is 13.8. The van der Waals surface area contributed by atoms with Gasteiger partial charge >= 0.3 is 5.97 Å². The highest BCUT2D eigenvalue weighted by atomic mass is 35.5.